The molecule has 0 saturated heterocycles. The van der Waals surface area contributed by atoms with Gasteiger partial charge in [0.15, 0.2) is 0 Å². The third-order valence-electron chi connectivity index (χ3n) is 12.8. The molecule has 3 unspecified atom stereocenters. The second kappa shape index (κ2) is 12.9. The minimum Gasteiger partial charge on any atom is -0.748 e. The van der Waals surface area contributed by atoms with Gasteiger partial charge in [-0.3, -0.25) is 4.79 Å². The van der Waals surface area contributed by atoms with Crippen molar-refractivity contribution >= 4 is 16.0 Å². The fourth-order valence-corrected chi connectivity index (χ4v) is 10.8. The molecule has 1 amide bonds. The summed E-state index contributed by atoms with van der Waals surface area (Å²) >= 11 is 0. The van der Waals surface area contributed by atoms with Crippen LogP contribution in [0.1, 0.15) is 91.4 Å². The fourth-order valence-electron chi connectivity index (χ4n) is 10.3. The van der Waals surface area contributed by atoms with Gasteiger partial charge in [-0.15, -0.1) is 0 Å². The van der Waals surface area contributed by atoms with Crippen LogP contribution in [-0.2, 0) is 14.9 Å². The Morgan fingerprint density at radius 3 is 2.40 bits per heavy atom. The molecule has 0 spiro atoms. The van der Waals surface area contributed by atoms with Crippen molar-refractivity contribution in [1.82, 2.24) is 5.32 Å². The lowest BCUT2D eigenvalue weighted by atomic mass is 9.43. The smallest absolute Gasteiger partial charge is 0.220 e. The third kappa shape index (κ3) is 7.20. The van der Waals surface area contributed by atoms with Gasteiger partial charge in [-0.1, -0.05) is 20.8 Å². The zero-order valence-corrected chi connectivity index (χ0v) is 27.4. The van der Waals surface area contributed by atoms with E-state index in [9.17, 15) is 33.1 Å². The number of amides is 1. The lowest BCUT2D eigenvalue weighted by molar-refractivity contribution is -0.890. The van der Waals surface area contributed by atoms with Crippen LogP contribution in [0.25, 0.3) is 0 Å². The Morgan fingerprint density at radius 1 is 1.02 bits per heavy atom. The number of hydrogen-bond donors (Lipinski definition) is 4. The van der Waals surface area contributed by atoms with Gasteiger partial charge in [0.05, 0.1) is 55.6 Å². The van der Waals surface area contributed by atoms with Crippen LogP contribution in [-0.4, -0.2) is 96.5 Å². The molecule has 0 bridgehead atoms. The second-order valence-corrected chi connectivity index (χ2v) is 17.3. The molecular weight excluding hydrogens is 556 g/mol. The van der Waals surface area contributed by atoms with Crippen molar-refractivity contribution in [3.05, 3.63) is 0 Å². The average molecular weight is 615 g/mol. The largest absolute Gasteiger partial charge is 0.748 e. The Morgan fingerprint density at radius 2 is 1.71 bits per heavy atom. The summed E-state index contributed by atoms with van der Waals surface area (Å²) in [6.45, 7) is 8.78. The summed E-state index contributed by atoms with van der Waals surface area (Å²) in [6.07, 6.45) is 7.35. The highest BCUT2D eigenvalue weighted by molar-refractivity contribution is 7.85. The van der Waals surface area contributed by atoms with Crippen LogP contribution in [0.3, 0.4) is 0 Å². The first-order chi connectivity index (χ1) is 19.5. The van der Waals surface area contributed by atoms with Crippen molar-refractivity contribution in [3.63, 3.8) is 0 Å². The predicted molar refractivity (Wildman–Crippen MR) is 161 cm³/mol. The Bertz CT molecular complexity index is 1050. The molecular formula is C32H58N2O7S. The molecule has 4 fully saturated rings. The molecule has 10 heteroatoms. The highest BCUT2D eigenvalue weighted by Gasteiger charge is 2.65. The number of aliphatic hydroxyl groups is 3. The van der Waals surface area contributed by atoms with Gasteiger partial charge in [0, 0.05) is 31.6 Å². The van der Waals surface area contributed by atoms with Crippen LogP contribution in [0.2, 0.25) is 0 Å². The number of carbonyl (C=O) groups is 1. The van der Waals surface area contributed by atoms with Gasteiger partial charge in [-0.25, -0.2) is 8.42 Å². The van der Waals surface area contributed by atoms with Gasteiger partial charge in [-0.05, 0) is 97.7 Å². The van der Waals surface area contributed by atoms with Gasteiger partial charge >= 0.3 is 0 Å². The van der Waals surface area contributed by atoms with Crippen molar-refractivity contribution in [2.75, 3.05) is 39.5 Å². The molecule has 0 radical (unpaired) electrons. The van der Waals surface area contributed by atoms with E-state index in [-0.39, 0.29) is 52.5 Å². The highest BCUT2D eigenvalue weighted by Crippen LogP contribution is 2.68. The van der Waals surface area contributed by atoms with Crippen LogP contribution < -0.4 is 5.32 Å². The van der Waals surface area contributed by atoms with Crippen molar-refractivity contribution in [2.24, 2.45) is 46.3 Å². The molecule has 4 saturated carbocycles. The quantitative estimate of drug-likeness (QED) is 0.150. The Kier molecular flexibility index (Phi) is 10.5. The molecule has 11 atom stereocenters. The number of nitrogens with zero attached hydrogens (tertiary/aromatic N) is 1. The number of quaternary nitrogens is 1. The monoisotopic (exact) mass is 614 g/mol. The van der Waals surface area contributed by atoms with E-state index in [1.54, 1.807) is 0 Å². The molecule has 244 valence electrons. The average Bonchev–Trinajstić information content (AvgIpc) is 3.24. The van der Waals surface area contributed by atoms with Crippen LogP contribution in [0.4, 0.5) is 0 Å². The molecule has 0 aromatic rings. The first-order valence-electron chi connectivity index (χ1n) is 16.5. The number of carbonyl (C=O) groups excluding carboxylic acids is 1. The summed E-state index contributed by atoms with van der Waals surface area (Å²) in [6, 6.07) is 0. The molecule has 0 aromatic heterocycles. The maximum Gasteiger partial charge on any atom is 0.220 e. The zero-order chi connectivity index (χ0) is 31.1. The van der Waals surface area contributed by atoms with Crippen LogP contribution in [0, 0.1) is 46.3 Å². The maximum absolute atomic E-state index is 12.7. The standard InChI is InChI=1S/C32H58N2O7S/c1-21(8-11-29(38)33-14-6-15-34(4,5)16-7-17-42(39,40)41)24-9-10-25-30-26(20-28(37)32(24,25)3)31(2)13-12-23(35)18-22(31)19-27(30)36/h21-28,30,35-37H,6-20H2,1-5H3,(H-,33,38,39,40,41)/t21-,22+,23-,24-,25?,26?,27-,28+,30?,31+,32-/m1/s1. The minimum atomic E-state index is -4.18. The number of fused-ring (bicyclic) bond motifs is 5. The Hall–Kier alpha value is -0.780. The lowest BCUT2D eigenvalue weighted by Crippen LogP contribution is -2.62. The van der Waals surface area contributed by atoms with Gasteiger partial charge < -0.3 is 29.7 Å². The molecule has 0 heterocycles. The van der Waals surface area contributed by atoms with Gasteiger partial charge in [0.25, 0.3) is 0 Å². The van der Waals surface area contributed by atoms with E-state index in [4.69, 9.17) is 0 Å². The summed E-state index contributed by atoms with van der Waals surface area (Å²) < 4.78 is 33.1. The summed E-state index contributed by atoms with van der Waals surface area (Å²) in [5.41, 5.74) is -0.191. The molecule has 4 aliphatic rings. The molecule has 4 rings (SSSR count). The zero-order valence-electron chi connectivity index (χ0n) is 26.6. The molecule has 4 N–H and O–H groups in total. The number of hydrogen-bond acceptors (Lipinski definition) is 7. The van der Waals surface area contributed by atoms with Crippen LogP contribution in [0.5, 0.6) is 0 Å². The van der Waals surface area contributed by atoms with E-state index < -0.39 is 16.2 Å². The molecule has 0 aliphatic heterocycles. The van der Waals surface area contributed by atoms with Crippen LogP contribution in [0.15, 0.2) is 0 Å². The van der Waals surface area contributed by atoms with Crippen molar-refractivity contribution in [3.8, 4) is 0 Å². The summed E-state index contributed by atoms with van der Waals surface area (Å²) in [5.74, 6) is 1.38. The van der Waals surface area contributed by atoms with E-state index in [0.29, 0.717) is 48.2 Å². The van der Waals surface area contributed by atoms with Gasteiger partial charge in [-0.2, -0.15) is 0 Å². The van der Waals surface area contributed by atoms with E-state index >= 15 is 0 Å². The first kappa shape index (κ1) is 34.1. The second-order valence-electron chi connectivity index (χ2n) is 15.7. The van der Waals surface area contributed by atoms with Crippen molar-refractivity contribution in [1.29, 1.82) is 0 Å². The SMILES string of the molecule is C[C@H](CCC(=O)NCCC[N+](C)(C)CCCS(=O)(=O)[O-])[C@H]1CCC2C3C(C[C@H](O)[C@@]21C)[C@@]1(C)CC[C@@H](O)C[C@H]1C[C@H]3O. The van der Waals surface area contributed by atoms with Gasteiger partial charge in [0.1, 0.15) is 0 Å². The normalized spacial score (nSPS) is 41.0. The molecule has 4 aliphatic carbocycles. The number of aliphatic hydroxyl groups excluding tert-OH is 3. The lowest BCUT2D eigenvalue weighted by Gasteiger charge is -2.63. The predicted octanol–water partition coefficient (Wildman–Crippen LogP) is 2.88. The topological polar surface area (TPSA) is 147 Å². The van der Waals surface area contributed by atoms with Crippen molar-refractivity contribution < 1.29 is 37.6 Å². The molecule has 42 heavy (non-hydrogen) atoms. The maximum atomic E-state index is 12.7. The van der Waals surface area contributed by atoms with Crippen LogP contribution >= 0.6 is 0 Å². The number of rotatable bonds is 12. The van der Waals surface area contributed by atoms with E-state index in [1.807, 2.05) is 14.1 Å². The molecule has 0 aromatic carbocycles. The van der Waals surface area contributed by atoms with E-state index in [1.165, 1.54) is 0 Å². The summed E-state index contributed by atoms with van der Waals surface area (Å²) in [5, 5.41) is 36.6. The summed E-state index contributed by atoms with van der Waals surface area (Å²) in [4.78, 5) is 12.7. The first-order valence-corrected chi connectivity index (χ1v) is 18.1. The third-order valence-corrected chi connectivity index (χ3v) is 13.6. The van der Waals surface area contributed by atoms with E-state index in [2.05, 4.69) is 26.1 Å². The Labute approximate surface area is 254 Å². The Balaban J connectivity index is 1.27. The minimum absolute atomic E-state index is 0.0368. The highest BCUT2D eigenvalue weighted by atomic mass is 32.2. The number of nitrogens with one attached hydrogen (secondary N) is 1. The molecule has 9 nitrogen and oxygen atoms in total. The van der Waals surface area contributed by atoms with Crippen molar-refractivity contribution in [2.45, 2.75) is 110 Å². The van der Waals surface area contributed by atoms with E-state index in [0.717, 1.165) is 64.3 Å². The fraction of sp³-hybridized carbons (Fsp3) is 0.969. The summed E-state index contributed by atoms with van der Waals surface area (Å²) in [7, 11) is -0.177. The van der Waals surface area contributed by atoms with Gasteiger partial charge in [0.2, 0.25) is 5.91 Å².